The number of hydrogen-bond donors (Lipinski definition) is 1. The molecule has 1 amide bonds. The molecular formula is C18H25N3O. The van der Waals surface area contributed by atoms with E-state index in [2.05, 4.69) is 46.4 Å². The molecule has 0 aliphatic carbocycles. The molecule has 2 saturated heterocycles. The third-order valence-electron chi connectivity index (χ3n) is 5.84. The number of amides is 1. The molecule has 3 atom stereocenters. The number of likely N-dealkylation sites (tertiary alicyclic amines) is 1. The molecule has 2 fully saturated rings. The highest BCUT2D eigenvalue weighted by Crippen LogP contribution is 2.29. The zero-order valence-corrected chi connectivity index (χ0v) is 13.3. The number of nitrogens with one attached hydrogen (secondary N) is 1. The van der Waals surface area contributed by atoms with Crippen LogP contribution in [-0.4, -0.2) is 54.0 Å². The molecule has 3 aliphatic heterocycles. The summed E-state index contributed by atoms with van der Waals surface area (Å²) in [7, 11) is 2.23. The molecule has 3 aliphatic rings. The molecule has 0 saturated carbocycles. The number of carbonyl (C=O) groups is 1. The van der Waals surface area contributed by atoms with Gasteiger partial charge < -0.3 is 10.2 Å². The van der Waals surface area contributed by atoms with Crippen molar-refractivity contribution in [2.24, 2.45) is 0 Å². The van der Waals surface area contributed by atoms with Crippen molar-refractivity contribution < 1.29 is 4.79 Å². The fraction of sp³-hybridized carbons (Fsp3) is 0.611. The first-order valence-electron chi connectivity index (χ1n) is 8.53. The molecule has 0 spiro atoms. The van der Waals surface area contributed by atoms with Gasteiger partial charge in [0.15, 0.2) is 0 Å². The second-order valence-electron chi connectivity index (χ2n) is 7.03. The van der Waals surface area contributed by atoms with Gasteiger partial charge in [0, 0.05) is 31.7 Å². The molecule has 3 heterocycles. The number of carbonyl (C=O) groups excluding carboxylic acids is 1. The lowest BCUT2D eigenvalue weighted by Gasteiger charge is -2.32. The number of hydrogen-bond acceptors (Lipinski definition) is 3. The summed E-state index contributed by atoms with van der Waals surface area (Å²) in [6.45, 7) is 2.64. The molecule has 1 aromatic rings. The zero-order valence-electron chi connectivity index (χ0n) is 13.3. The highest BCUT2D eigenvalue weighted by Gasteiger charge is 2.37. The predicted octanol–water partition coefficient (Wildman–Crippen LogP) is 1.40. The van der Waals surface area contributed by atoms with Gasteiger partial charge in [-0.1, -0.05) is 24.3 Å². The van der Waals surface area contributed by atoms with Crippen molar-refractivity contribution in [2.75, 3.05) is 20.1 Å². The van der Waals surface area contributed by atoms with Crippen LogP contribution in [0.4, 0.5) is 0 Å². The van der Waals surface area contributed by atoms with E-state index < -0.39 is 0 Å². The zero-order chi connectivity index (χ0) is 15.1. The van der Waals surface area contributed by atoms with Gasteiger partial charge >= 0.3 is 0 Å². The fourth-order valence-electron chi connectivity index (χ4n) is 4.36. The third kappa shape index (κ3) is 2.44. The summed E-state index contributed by atoms with van der Waals surface area (Å²) in [4.78, 5) is 17.6. The Morgan fingerprint density at radius 1 is 1.14 bits per heavy atom. The monoisotopic (exact) mass is 299 g/mol. The standard InChI is InChI=1S/C18H25N3O/c1-20-15-6-7-16(20)12-21(9-8-15)18(22)17-10-13-4-2-3-5-14(13)11-19-17/h2-5,15-17,19H,6-12H2,1H3. The van der Waals surface area contributed by atoms with Crippen LogP contribution in [0.3, 0.4) is 0 Å². The van der Waals surface area contributed by atoms with Gasteiger partial charge in [-0.25, -0.2) is 0 Å². The van der Waals surface area contributed by atoms with Crippen molar-refractivity contribution >= 4 is 5.91 Å². The van der Waals surface area contributed by atoms with Crippen LogP contribution in [0.2, 0.25) is 0 Å². The fourth-order valence-corrected chi connectivity index (χ4v) is 4.36. The average Bonchev–Trinajstić information content (AvgIpc) is 2.79. The Bertz CT molecular complexity index is 573. The summed E-state index contributed by atoms with van der Waals surface area (Å²) in [6, 6.07) is 9.67. The minimum atomic E-state index is -0.0446. The molecule has 4 heteroatoms. The van der Waals surface area contributed by atoms with Crippen molar-refractivity contribution in [2.45, 2.75) is 50.4 Å². The van der Waals surface area contributed by atoms with Gasteiger partial charge in [0.05, 0.1) is 6.04 Å². The van der Waals surface area contributed by atoms with E-state index in [1.165, 1.54) is 24.0 Å². The maximum atomic E-state index is 12.9. The third-order valence-corrected chi connectivity index (χ3v) is 5.84. The van der Waals surface area contributed by atoms with Crippen molar-refractivity contribution in [1.82, 2.24) is 15.1 Å². The molecule has 4 nitrogen and oxygen atoms in total. The number of likely N-dealkylation sites (N-methyl/N-ethyl adjacent to an activating group) is 1. The molecule has 118 valence electrons. The van der Waals surface area contributed by atoms with Gasteiger partial charge in [0.2, 0.25) is 5.91 Å². The van der Waals surface area contributed by atoms with E-state index in [4.69, 9.17) is 0 Å². The number of rotatable bonds is 1. The topological polar surface area (TPSA) is 35.6 Å². The first-order chi connectivity index (χ1) is 10.7. The molecule has 2 bridgehead atoms. The van der Waals surface area contributed by atoms with E-state index in [0.29, 0.717) is 18.0 Å². The SMILES string of the molecule is CN1C2CCC1CN(C(=O)C1Cc3ccccc3CN1)CC2. The first-order valence-corrected chi connectivity index (χ1v) is 8.53. The van der Waals surface area contributed by atoms with Gasteiger partial charge in [-0.2, -0.15) is 0 Å². The summed E-state index contributed by atoms with van der Waals surface area (Å²) in [5.41, 5.74) is 2.66. The maximum Gasteiger partial charge on any atom is 0.240 e. The largest absolute Gasteiger partial charge is 0.340 e. The molecule has 1 N–H and O–H groups in total. The summed E-state index contributed by atoms with van der Waals surface area (Å²) in [5, 5.41) is 3.44. The Morgan fingerprint density at radius 2 is 1.91 bits per heavy atom. The molecule has 0 aromatic heterocycles. The van der Waals surface area contributed by atoms with Crippen LogP contribution in [-0.2, 0) is 17.8 Å². The van der Waals surface area contributed by atoms with E-state index in [0.717, 1.165) is 32.5 Å². The van der Waals surface area contributed by atoms with Gasteiger partial charge in [0.1, 0.15) is 0 Å². The summed E-state index contributed by atoms with van der Waals surface area (Å²) >= 11 is 0. The van der Waals surface area contributed by atoms with Crippen molar-refractivity contribution in [3.63, 3.8) is 0 Å². The van der Waals surface area contributed by atoms with Crippen molar-refractivity contribution in [3.8, 4) is 0 Å². The van der Waals surface area contributed by atoms with Crippen LogP contribution in [0, 0.1) is 0 Å². The number of benzene rings is 1. The van der Waals surface area contributed by atoms with Crippen LogP contribution in [0.15, 0.2) is 24.3 Å². The minimum absolute atomic E-state index is 0.0446. The predicted molar refractivity (Wildman–Crippen MR) is 86.5 cm³/mol. The highest BCUT2D eigenvalue weighted by atomic mass is 16.2. The van der Waals surface area contributed by atoms with E-state index >= 15 is 0 Å². The molecule has 0 radical (unpaired) electrons. The van der Waals surface area contributed by atoms with E-state index in [-0.39, 0.29) is 6.04 Å². The van der Waals surface area contributed by atoms with Gasteiger partial charge in [-0.05, 0) is 43.9 Å². The summed E-state index contributed by atoms with van der Waals surface area (Å²) < 4.78 is 0. The van der Waals surface area contributed by atoms with Crippen LogP contribution in [0.1, 0.15) is 30.4 Å². The van der Waals surface area contributed by atoms with Crippen molar-refractivity contribution in [3.05, 3.63) is 35.4 Å². The lowest BCUT2D eigenvalue weighted by molar-refractivity contribution is -0.134. The Kier molecular flexibility index (Phi) is 3.66. The van der Waals surface area contributed by atoms with Crippen LogP contribution < -0.4 is 5.32 Å². The Morgan fingerprint density at radius 3 is 2.77 bits per heavy atom. The highest BCUT2D eigenvalue weighted by molar-refractivity contribution is 5.82. The average molecular weight is 299 g/mol. The Balaban J connectivity index is 1.46. The van der Waals surface area contributed by atoms with Gasteiger partial charge in [-0.3, -0.25) is 9.69 Å². The van der Waals surface area contributed by atoms with Crippen LogP contribution in [0.5, 0.6) is 0 Å². The summed E-state index contributed by atoms with van der Waals surface area (Å²) in [6.07, 6.45) is 4.50. The maximum absolute atomic E-state index is 12.9. The van der Waals surface area contributed by atoms with Gasteiger partial charge in [0.25, 0.3) is 0 Å². The lowest BCUT2D eigenvalue weighted by Crippen LogP contribution is -2.51. The molecular weight excluding hydrogens is 274 g/mol. The molecule has 1 aromatic carbocycles. The quantitative estimate of drug-likeness (QED) is 0.851. The normalized spacial score (nSPS) is 31.7. The lowest BCUT2D eigenvalue weighted by atomic mass is 9.95. The van der Waals surface area contributed by atoms with Crippen molar-refractivity contribution in [1.29, 1.82) is 0 Å². The molecule has 4 rings (SSSR count). The van der Waals surface area contributed by atoms with E-state index in [1.807, 2.05) is 0 Å². The second kappa shape index (κ2) is 5.67. The van der Waals surface area contributed by atoms with Crippen LogP contribution >= 0.6 is 0 Å². The van der Waals surface area contributed by atoms with E-state index in [1.54, 1.807) is 0 Å². The molecule has 3 unspecified atom stereocenters. The molecule has 22 heavy (non-hydrogen) atoms. The summed E-state index contributed by atoms with van der Waals surface area (Å²) in [5.74, 6) is 0.301. The number of nitrogens with zero attached hydrogens (tertiary/aromatic N) is 2. The minimum Gasteiger partial charge on any atom is -0.340 e. The Hall–Kier alpha value is -1.39. The van der Waals surface area contributed by atoms with Crippen LogP contribution in [0.25, 0.3) is 0 Å². The first kappa shape index (κ1) is 14.2. The van der Waals surface area contributed by atoms with E-state index in [9.17, 15) is 4.79 Å². The van der Waals surface area contributed by atoms with Gasteiger partial charge in [-0.15, -0.1) is 0 Å². The number of fused-ring (bicyclic) bond motifs is 3. The second-order valence-corrected chi connectivity index (χ2v) is 7.03. The smallest absolute Gasteiger partial charge is 0.240 e. The Labute approximate surface area is 132 Å².